The van der Waals surface area contributed by atoms with Crippen LogP contribution in [0.2, 0.25) is 0 Å². The molecule has 0 saturated heterocycles. The Hall–Kier alpha value is -2.47. The molecular formula is C24H24ClF3N2O. The van der Waals surface area contributed by atoms with Crippen LogP contribution >= 0.6 is 11.6 Å². The summed E-state index contributed by atoms with van der Waals surface area (Å²) in [4.78, 5) is 18.0. The van der Waals surface area contributed by atoms with Crippen molar-refractivity contribution in [2.24, 2.45) is 0 Å². The van der Waals surface area contributed by atoms with E-state index < -0.39 is 23.0 Å². The van der Waals surface area contributed by atoms with Crippen LogP contribution in [0, 0.1) is 17.5 Å². The lowest BCUT2D eigenvalue weighted by Crippen LogP contribution is -2.58. The van der Waals surface area contributed by atoms with Crippen LogP contribution in [0.25, 0.3) is 10.9 Å². The van der Waals surface area contributed by atoms with Gasteiger partial charge in [-0.3, -0.25) is 4.79 Å². The Morgan fingerprint density at radius 3 is 2.55 bits per heavy atom. The van der Waals surface area contributed by atoms with Gasteiger partial charge in [0, 0.05) is 23.2 Å². The third-order valence-corrected chi connectivity index (χ3v) is 6.61. The Morgan fingerprint density at radius 1 is 1.19 bits per heavy atom. The highest BCUT2D eigenvalue weighted by molar-refractivity contribution is 6.27. The van der Waals surface area contributed by atoms with Crippen molar-refractivity contribution in [3.63, 3.8) is 0 Å². The van der Waals surface area contributed by atoms with E-state index in [1.807, 2.05) is 6.92 Å². The molecule has 1 aliphatic rings. The van der Waals surface area contributed by atoms with Gasteiger partial charge in [-0.1, -0.05) is 31.9 Å². The lowest BCUT2D eigenvalue weighted by molar-refractivity contribution is -0.137. The molecule has 2 aromatic carbocycles. The summed E-state index contributed by atoms with van der Waals surface area (Å²) in [6.45, 7) is 3.92. The van der Waals surface area contributed by atoms with E-state index in [9.17, 15) is 18.0 Å². The number of hydrogen-bond donors (Lipinski definition) is 1. The zero-order valence-electron chi connectivity index (χ0n) is 17.4. The number of hydrogen-bond acceptors (Lipinski definition) is 1. The number of nitrogens with zero attached hydrogens (tertiary/aromatic N) is 1. The minimum Gasteiger partial charge on any atom is -0.354 e. The largest absolute Gasteiger partial charge is 0.354 e. The Labute approximate surface area is 184 Å². The van der Waals surface area contributed by atoms with Gasteiger partial charge < -0.3 is 9.88 Å². The second-order valence-corrected chi connectivity index (χ2v) is 8.53. The normalized spacial score (nSPS) is 20.8. The first-order chi connectivity index (χ1) is 14.8. The standard InChI is InChI=1S/C24H24ClF3N2O/c1-3-4-5-17-12-19-18-10-16(27)11-20(28)22(18)29-23(19)24(2,30(17)21(31)13-25)14-6-8-15(26)9-7-14/h6-11,17,29H,3-5,12-13H2,1-2H3/t17-,24-/m0/s1. The molecule has 1 amide bonds. The van der Waals surface area contributed by atoms with Crippen molar-refractivity contribution < 1.29 is 18.0 Å². The maximum Gasteiger partial charge on any atom is 0.238 e. The van der Waals surface area contributed by atoms with Crippen LogP contribution in [0.4, 0.5) is 13.2 Å². The summed E-state index contributed by atoms with van der Waals surface area (Å²) in [5.41, 5.74) is 1.20. The molecule has 7 heteroatoms. The minimum absolute atomic E-state index is 0.203. The van der Waals surface area contributed by atoms with Gasteiger partial charge in [-0.05, 0) is 49.1 Å². The van der Waals surface area contributed by atoms with Crippen LogP contribution < -0.4 is 0 Å². The van der Waals surface area contributed by atoms with E-state index in [2.05, 4.69) is 11.9 Å². The van der Waals surface area contributed by atoms with Gasteiger partial charge in [0.15, 0.2) is 0 Å². The second-order valence-electron chi connectivity index (χ2n) is 8.27. The monoisotopic (exact) mass is 448 g/mol. The first-order valence-corrected chi connectivity index (χ1v) is 11.0. The van der Waals surface area contributed by atoms with Gasteiger partial charge in [0.05, 0.1) is 5.52 Å². The summed E-state index contributed by atoms with van der Waals surface area (Å²) in [6.07, 6.45) is 3.00. The van der Waals surface area contributed by atoms with Gasteiger partial charge in [0.25, 0.3) is 0 Å². The van der Waals surface area contributed by atoms with Gasteiger partial charge >= 0.3 is 0 Å². The molecule has 3 nitrogen and oxygen atoms in total. The molecule has 3 aromatic rings. The molecule has 1 aliphatic heterocycles. The summed E-state index contributed by atoms with van der Waals surface area (Å²) in [5, 5.41) is 0.473. The lowest BCUT2D eigenvalue weighted by atomic mass is 9.77. The molecule has 2 heterocycles. The number of aromatic amines is 1. The van der Waals surface area contributed by atoms with Crippen molar-refractivity contribution in [3.8, 4) is 0 Å². The number of nitrogens with one attached hydrogen (secondary N) is 1. The summed E-state index contributed by atoms with van der Waals surface area (Å²) < 4.78 is 42.4. The topological polar surface area (TPSA) is 36.1 Å². The molecule has 0 fully saturated rings. The van der Waals surface area contributed by atoms with E-state index >= 15 is 0 Å². The van der Waals surface area contributed by atoms with Crippen molar-refractivity contribution in [1.29, 1.82) is 0 Å². The highest BCUT2D eigenvalue weighted by atomic mass is 35.5. The van der Waals surface area contributed by atoms with Crippen LogP contribution in [-0.4, -0.2) is 27.7 Å². The summed E-state index contributed by atoms with van der Waals surface area (Å²) in [6, 6.07) is 7.88. The summed E-state index contributed by atoms with van der Waals surface area (Å²) >= 11 is 6.01. The fraction of sp³-hybridized carbons (Fsp3) is 0.375. The number of carbonyl (C=O) groups excluding carboxylic acids is 1. The van der Waals surface area contributed by atoms with Crippen molar-refractivity contribution in [2.45, 2.75) is 51.1 Å². The van der Waals surface area contributed by atoms with Gasteiger partial charge in [0.1, 0.15) is 28.9 Å². The molecule has 0 radical (unpaired) electrons. The summed E-state index contributed by atoms with van der Waals surface area (Å²) in [5.74, 6) is -2.21. The van der Waals surface area contributed by atoms with Crippen molar-refractivity contribution in [1.82, 2.24) is 9.88 Å². The van der Waals surface area contributed by atoms with E-state index in [1.165, 1.54) is 18.2 Å². The Balaban J connectivity index is 2.03. The molecule has 1 aromatic heterocycles. The highest BCUT2D eigenvalue weighted by Crippen LogP contribution is 2.46. The van der Waals surface area contributed by atoms with E-state index in [4.69, 9.17) is 11.6 Å². The molecule has 31 heavy (non-hydrogen) atoms. The smallest absolute Gasteiger partial charge is 0.238 e. The average Bonchev–Trinajstić information content (AvgIpc) is 3.11. The first kappa shape index (κ1) is 21.8. The number of alkyl halides is 1. The number of H-pyrrole nitrogens is 1. The maximum absolute atomic E-state index is 14.6. The molecule has 0 saturated carbocycles. The van der Waals surface area contributed by atoms with Crippen LogP contribution in [-0.2, 0) is 16.8 Å². The first-order valence-electron chi connectivity index (χ1n) is 10.5. The number of halogens is 4. The van der Waals surface area contributed by atoms with Crippen molar-refractivity contribution in [3.05, 3.63) is 70.7 Å². The van der Waals surface area contributed by atoms with Crippen molar-refractivity contribution >= 4 is 28.4 Å². The molecule has 4 rings (SSSR count). The third kappa shape index (κ3) is 3.51. The number of fused-ring (bicyclic) bond motifs is 3. The van der Waals surface area contributed by atoms with Crippen LogP contribution in [0.15, 0.2) is 36.4 Å². The average molecular weight is 449 g/mol. The molecule has 0 spiro atoms. The molecule has 1 N–H and O–H groups in total. The van der Waals surface area contributed by atoms with Gasteiger partial charge in [-0.25, -0.2) is 13.2 Å². The van der Waals surface area contributed by atoms with Crippen LogP contribution in [0.5, 0.6) is 0 Å². The fourth-order valence-electron chi connectivity index (χ4n) is 4.96. The molecular weight excluding hydrogens is 425 g/mol. The predicted molar refractivity (Wildman–Crippen MR) is 116 cm³/mol. The Morgan fingerprint density at radius 2 is 1.90 bits per heavy atom. The second kappa shape index (κ2) is 8.23. The van der Waals surface area contributed by atoms with E-state index in [0.29, 0.717) is 23.1 Å². The third-order valence-electron chi connectivity index (χ3n) is 6.39. The fourth-order valence-corrected chi connectivity index (χ4v) is 5.09. The SMILES string of the molecule is CCCC[C@H]1Cc2c([nH]c3c(F)cc(F)cc23)[C@](C)(c2ccc(F)cc2)N1C(=O)CCl. The van der Waals surface area contributed by atoms with Crippen LogP contribution in [0.1, 0.15) is 49.9 Å². The number of carbonyl (C=O) groups is 1. The quantitative estimate of drug-likeness (QED) is 0.475. The number of unbranched alkanes of at least 4 members (excludes halogenated alkanes) is 1. The zero-order chi connectivity index (χ0) is 22.3. The van der Waals surface area contributed by atoms with Gasteiger partial charge in [0.2, 0.25) is 5.91 Å². The van der Waals surface area contributed by atoms with Gasteiger partial charge in [-0.2, -0.15) is 0 Å². The number of rotatable bonds is 5. The minimum atomic E-state index is -1.05. The highest BCUT2D eigenvalue weighted by Gasteiger charge is 2.48. The lowest BCUT2D eigenvalue weighted by Gasteiger charge is -2.50. The Kier molecular flexibility index (Phi) is 5.77. The van der Waals surface area contributed by atoms with E-state index in [0.717, 1.165) is 30.9 Å². The maximum atomic E-state index is 14.6. The van der Waals surface area contributed by atoms with E-state index in [-0.39, 0.29) is 23.3 Å². The number of aromatic nitrogens is 1. The molecule has 2 atom stereocenters. The van der Waals surface area contributed by atoms with Crippen molar-refractivity contribution in [2.75, 3.05) is 5.88 Å². The predicted octanol–water partition coefficient (Wildman–Crippen LogP) is 6.03. The van der Waals surface area contributed by atoms with Gasteiger partial charge in [-0.15, -0.1) is 11.6 Å². The molecule has 0 aliphatic carbocycles. The number of amides is 1. The summed E-state index contributed by atoms with van der Waals surface area (Å²) in [7, 11) is 0. The van der Waals surface area contributed by atoms with Crippen LogP contribution in [0.3, 0.4) is 0 Å². The molecule has 164 valence electrons. The molecule has 0 bridgehead atoms. The number of benzene rings is 2. The Bertz CT molecular complexity index is 1130. The molecule has 0 unspecified atom stereocenters. The van der Waals surface area contributed by atoms with E-state index in [1.54, 1.807) is 17.0 Å². The zero-order valence-corrected chi connectivity index (χ0v) is 18.2.